The van der Waals surface area contributed by atoms with Crippen LogP contribution in [0.4, 0.5) is 0 Å². The Morgan fingerprint density at radius 3 is 2.37 bits per heavy atom. The van der Waals surface area contributed by atoms with Crippen molar-refractivity contribution in [3.05, 3.63) is 118 Å². The van der Waals surface area contributed by atoms with Gasteiger partial charge in [-0.05, 0) is 72.2 Å². The van der Waals surface area contributed by atoms with Crippen molar-refractivity contribution in [3.63, 3.8) is 0 Å². The van der Waals surface area contributed by atoms with Gasteiger partial charge in [-0.3, -0.25) is 14.4 Å². The number of carbonyl (C=O) groups is 3. The molecule has 4 aromatic carbocycles. The molecule has 1 aromatic heterocycles. The van der Waals surface area contributed by atoms with Crippen LogP contribution in [0.25, 0.3) is 22.2 Å². The van der Waals surface area contributed by atoms with Crippen LogP contribution in [0.3, 0.4) is 0 Å². The van der Waals surface area contributed by atoms with Crippen LogP contribution < -0.4 is 4.72 Å². The van der Waals surface area contributed by atoms with Crippen LogP contribution in [0.5, 0.6) is 0 Å². The van der Waals surface area contributed by atoms with Crippen molar-refractivity contribution in [1.29, 1.82) is 0 Å². The third-order valence-electron chi connectivity index (χ3n) is 9.86. The minimum absolute atomic E-state index is 0.0666. The molecule has 2 N–H and O–H groups in total. The van der Waals surface area contributed by atoms with Crippen LogP contribution in [0.1, 0.15) is 81.9 Å². The molecule has 13 heteroatoms. The first-order valence-electron chi connectivity index (χ1n) is 18.2. The molecular weight excluding hydrogens is 726 g/mol. The van der Waals surface area contributed by atoms with Crippen LogP contribution >= 0.6 is 11.6 Å². The zero-order valence-corrected chi connectivity index (χ0v) is 32.2. The van der Waals surface area contributed by atoms with Gasteiger partial charge < -0.3 is 19.5 Å². The maximum Gasteiger partial charge on any atom is 0.274 e. The normalized spacial score (nSPS) is 14.2. The zero-order chi connectivity index (χ0) is 38.6. The summed E-state index contributed by atoms with van der Waals surface area (Å²) in [6, 6.07) is 21.1. The molecule has 54 heavy (non-hydrogen) atoms. The fraction of sp³-hybridized carbons (Fsp3) is 0.317. The Hall–Kier alpha value is -5.04. The summed E-state index contributed by atoms with van der Waals surface area (Å²) in [4.78, 5) is 50.0. The number of amides is 3. The lowest BCUT2D eigenvalue weighted by Crippen LogP contribution is -2.46. The van der Waals surface area contributed by atoms with Crippen LogP contribution in [-0.4, -0.2) is 76.3 Å². The van der Waals surface area contributed by atoms with E-state index in [-0.39, 0.29) is 40.8 Å². The van der Waals surface area contributed by atoms with Gasteiger partial charge in [0.25, 0.3) is 27.7 Å². The van der Waals surface area contributed by atoms with Gasteiger partial charge in [0, 0.05) is 54.4 Å². The van der Waals surface area contributed by atoms with Crippen molar-refractivity contribution in [3.8, 4) is 11.4 Å². The largest absolute Gasteiger partial charge is 0.394 e. The number of aryl methyl sites for hydroxylation is 1. The highest BCUT2D eigenvalue weighted by Crippen LogP contribution is 2.31. The Morgan fingerprint density at radius 2 is 1.67 bits per heavy atom. The van der Waals surface area contributed by atoms with E-state index in [9.17, 15) is 27.9 Å². The monoisotopic (exact) mass is 769 g/mol. The minimum atomic E-state index is -4.36. The highest BCUT2D eigenvalue weighted by molar-refractivity contribution is 7.90. The van der Waals surface area contributed by atoms with Crippen molar-refractivity contribution in [1.82, 2.24) is 24.1 Å². The van der Waals surface area contributed by atoms with Crippen LogP contribution in [0, 0.1) is 0 Å². The number of fused-ring (bicyclic) bond motifs is 2. The highest BCUT2D eigenvalue weighted by atomic mass is 35.5. The van der Waals surface area contributed by atoms with E-state index in [2.05, 4.69) is 18.6 Å². The fourth-order valence-electron chi connectivity index (χ4n) is 6.82. The number of hydrogen-bond donors (Lipinski definition) is 2. The Bertz CT molecular complexity index is 2320. The topological polar surface area (TPSA) is 142 Å². The molecule has 0 saturated heterocycles. The predicted octanol–water partition coefficient (Wildman–Crippen LogP) is 6.61. The predicted molar refractivity (Wildman–Crippen MR) is 209 cm³/mol. The summed E-state index contributed by atoms with van der Waals surface area (Å²) in [5, 5.41) is 12.0. The number of rotatable bonds is 13. The van der Waals surface area contributed by atoms with Gasteiger partial charge in [0.1, 0.15) is 11.5 Å². The Balaban J connectivity index is 1.39. The van der Waals surface area contributed by atoms with E-state index in [0.29, 0.717) is 41.3 Å². The van der Waals surface area contributed by atoms with Gasteiger partial charge in [0.05, 0.1) is 23.1 Å². The molecule has 5 aromatic rings. The molecule has 282 valence electrons. The van der Waals surface area contributed by atoms with E-state index < -0.39 is 27.9 Å². The number of carbonyl (C=O) groups excluding carboxylic acids is 3. The fourth-order valence-corrected chi connectivity index (χ4v) is 8.05. The van der Waals surface area contributed by atoms with Crippen molar-refractivity contribution in [2.45, 2.75) is 63.4 Å². The van der Waals surface area contributed by atoms with Gasteiger partial charge in [-0.15, -0.1) is 0 Å². The lowest BCUT2D eigenvalue weighted by molar-refractivity contribution is 0.0544. The van der Waals surface area contributed by atoms with Gasteiger partial charge in [0.2, 0.25) is 0 Å². The Morgan fingerprint density at radius 1 is 0.944 bits per heavy atom. The molecule has 0 spiro atoms. The standard InChI is InChI=1S/C41H44ClN5O6S/c1-4-6-19-46(20-7-5-2)41(51)37-25-45(3)38(43-37)33-18-16-29(22-35(33)40(50)47-24-30-12-9-8-11-28(30)21-31(47)26-48)39(49)44-54(52,53)32-17-15-27-13-10-14-36(42)34(27)23-32/h8-18,22-23,25,31,48H,4-7,19-21,24,26H2,1-3H3,(H,44,49). The second-order valence-corrected chi connectivity index (χ2v) is 15.7. The summed E-state index contributed by atoms with van der Waals surface area (Å²) in [5.41, 5.74) is 2.50. The second-order valence-electron chi connectivity index (χ2n) is 13.6. The van der Waals surface area contributed by atoms with Gasteiger partial charge >= 0.3 is 0 Å². The van der Waals surface area contributed by atoms with E-state index in [4.69, 9.17) is 16.6 Å². The molecular formula is C41H44ClN5O6S. The van der Waals surface area contributed by atoms with Crippen molar-refractivity contribution < 1.29 is 27.9 Å². The maximum absolute atomic E-state index is 14.6. The quantitative estimate of drug-likeness (QED) is 0.137. The smallest absolute Gasteiger partial charge is 0.274 e. The Kier molecular flexibility index (Phi) is 11.8. The number of aliphatic hydroxyl groups is 1. The number of imidazole rings is 1. The van der Waals surface area contributed by atoms with Crippen molar-refractivity contribution in [2.75, 3.05) is 19.7 Å². The van der Waals surface area contributed by atoms with Gasteiger partial charge in [0.15, 0.2) is 0 Å². The molecule has 1 atom stereocenters. The number of sulfonamides is 1. The molecule has 0 saturated carbocycles. The molecule has 2 heterocycles. The van der Waals surface area contributed by atoms with Gasteiger partial charge in [-0.2, -0.15) is 0 Å². The number of unbranched alkanes of at least 4 members (excludes halogenated alkanes) is 2. The van der Waals surface area contributed by atoms with Crippen LogP contribution in [0.15, 0.2) is 90.0 Å². The average molecular weight is 770 g/mol. The van der Waals surface area contributed by atoms with E-state index in [1.807, 2.05) is 24.3 Å². The number of benzene rings is 4. The van der Waals surface area contributed by atoms with Crippen molar-refractivity contribution in [2.24, 2.45) is 7.05 Å². The number of nitrogens with one attached hydrogen (secondary N) is 1. The molecule has 0 fully saturated rings. The van der Waals surface area contributed by atoms with E-state index in [0.717, 1.165) is 42.2 Å². The number of nitrogens with zero attached hydrogens (tertiary/aromatic N) is 4. The van der Waals surface area contributed by atoms with Gasteiger partial charge in [-0.1, -0.05) is 80.8 Å². The lowest BCUT2D eigenvalue weighted by Gasteiger charge is -2.36. The second kappa shape index (κ2) is 16.5. The van der Waals surface area contributed by atoms with E-state index in [1.165, 1.54) is 24.3 Å². The molecule has 0 aliphatic carbocycles. The SMILES string of the molecule is CCCCN(CCCC)C(=O)c1cn(C)c(-c2ccc(C(=O)NS(=O)(=O)c3ccc4cccc(Cl)c4c3)cc2C(=O)N2Cc3ccccc3CC2CO)n1. The molecule has 6 rings (SSSR count). The third kappa shape index (κ3) is 8.06. The molecule has 11 nitrogen and oxygen atoms in total. The summed E-state index contributed by atoms with van der Waals surface area (Å²) < 4.78 is 30.8. The first-order valence-corrected chi connectivity index (χ1v) is 20.0. The molecule has 0 radical (unpaired) electrons. The van der Waals surface area contributed by atoms with Crippen LogP contribution in [0.2, 0.25) is 5.02 Å². The molecule has 0 bridgehead atoms. The Labute approximate surface area is 320 Å². The molecule has 1 unspecified atom stereocenters. The summed E-state index contributed by atoms with van der Waals surface area (Å²) >= 11 is 6.33. The minimum Gasteiger partial charge on any atom is -0.394 e. The number of halogens is 1. The van der Waals surface area contributed by atoms with Gasteiger partial charge in [-0.25, -0.2) is 18.1 Å². The van der Waals surface area contributed by atoms with E-state index in [1.54, 1.807) is 57.9 Å². The number of aromatic nitrogens is 2. The highest BCUT2D eigenvalue weighted by Gasteiger charge is 2.33. The van der Waals surface area contributed by atoms with E-state index >= 15 is 0 Å². The number of hydrogen-bond acceptors (Lipinski definition) is 7. The average Bonchev–Trinajstić information content (AvgIpc) is 3.57. The van der Waals surface area contributed by atoms with Crippen molar-refractivity contribution >= 4 is 50.1 Å². The first kappa shape index (κ1) is 38.7. The summed E-state index contributed by atoms with van der Waals surface area (Å²) in [5.74, 6) is -1.33. The first-order chi connectivity index (χ1) is 25.9. The summed E-state index contributed by atoms with van der Waals surface area (Å²) in [6.07, 6.45) is 5.63. The maximum atomic E-state index is 14.6. The summed E-state index contributed by atoms with van der Waals surface area (Å²) in [7, 11) is -2.63. The third-order valence-corrected chi connectivity index (χ3v) is 11.5. The number of aliphatic hydroxyl groups excluding tert-OH is 1. The molecule has 1 aliphatic rings. The molecule has 3 amide bonds. The zero-order valence-electron chi connectivity index (χ0n) is 30.6. The summed E-state index contributed by atoms with van der Waals surface area (Å²) in [6.45, 7) is 5.26. The lowest BCUT2D eigenvalue weighted by atomic mass is 9.92. The molecule has 1 aliphatic heterocycles. The van der Waals surface area contributed by atoms with Crippen LogP contribution in [-0.2, 0) is 30.0 Å².